The number of carbonyl (C=O) groups excluding carboxylic acids is 2. The van der Waals surface area contributed by atoms with Crippen molar-refractivity contribution in [2.45, 2.75) is 19.9 Å². The molecule has 2 aromatic carbocycles. The minimum Gasteiger partial charge on any atom is -0.355 e. The van der Waals surface area contributed by atoms with E-state index in [0.29, 0.717) is 30.1 Å². The van der Waals surface area contributed by atoms with Crippen molar-refractivity contribution in [3.8, 4) is 0 Å². The van der Waals surface area contributed by atoms with Gasteiger partial charge >= 0.3 is 0 Å². The third-order valence-corrected chi connectivity index (χ3v) is 4.49. The second-order valence-corrected chi connectivity index (χ2v) is 6.45. The van der Waals surface area contributed by atoms with Crippen LogP contribution in [0.3, 0.4) is 0 Å². The van der Waals surface area contributed by atoms with Gasteiger partial charge in [0, 0.05) is 19.5 Å². The number of fused-ring (bicyclic) bond motifs is 1. The van der Waals surface area contributed by atoms with Crippen molar-refractivity contribution >= 4 is 34.4 Å². The molecule has 0 atom stereocenters. The zero-order valence-electron chi connectivity index (χ0n) is 15.0. The van der Waals surface area contributed by atoms with Gasteiger partial charge in [-0.2, -0.15) is 0 Å². The minimum atomic E-state index is -0.230. The Kier molecular flexibility index (Phi) is 6.08. The second-order valence-electron chi connectivity index (χ2n) is 6.04. The van der Waals surface area contributed by atoms with E-state index in [4.69, 9.17) is 11.6 Å². The standard InChI is InChI=1S/C20H21ClN4O2/c1-2-22-19(26)13-25-17-10-6-5-9-16(17)24-18(25)11-12-23-20(27)14-7-3-4-8-15(14)21/h3-10H,2,11-13H2,1H3,(H,22,26)(H,23,27). The van der Waals surface area contributed by atoms with E-state index in [1.807, 2.05) is 35.8 Å². The third kappa shape index (κ3) is 4.46. The van der Waals surface area contributed by atoms with Gasteiger partial charge in [-0.15, -0.1) is 0 Å². The van der Waals surface area contributed by atoms with E-state index in [0.717, 1.165) is 16.9 Å². The van der Waals surface area contributed by atoms with E-state index in [1.165, 1.54) is 0 Å². The van der Waals surface area contributed by atoms with Crippen molar-refractivity contribution in [2.24, 2.45) is 0 Å². The van der Waals surface area contributed by atoms with Gasteiger partial charge in [0.15, 0.2) is 0 Å². The molecule has 2 N–H and O–H groups in total. The van der Waals surface area contributed by atoms with Gasteiger partial charge in [-0.05, 0) is 31.2 Å². The summed E-state index contributed by atoms with van der Waals surface area (Å²) < 4.78 is 1.89. The van der Waals surface area contributed by atoms with Gasteiger partial charge < -0.3 is 15.2 Å². The summed E-state index contributed by atoms with van der Waals surface area (Å²) in [7, 11) is 0. The molecule has 0 aliphatic heterocycles. The Bertz CT molecular complexity index is 968. The lowest BCUT2D eigenvalue weighted by Crippen LogP contribution is -2.29. The highest BCUT2D eigenvalue weighted by atomic mass is 35.5. The number of amides is 2. The molecule has 1 heterocycles. The Labute approximate surface area is 162 Å². The summed E-state index contributed by atoms with van der Waals surface area (Å²) in [5.74, 6) is 0.455. The van der Waals surface area contributed by atoms with Gasteiger partial charge in [0.05, 0.1) is 21.6 Å². The molecule has 2 amide bonds. The number of nitrogens with zero attached hydrogens (tertiary/aromatic N) is 2. The molecule has 0 bridgehead atoms. The number of carbonyl (C=O) groups is 2. The quantitative estimate of drug-likeness (QED) is 0.657. The molecule has 0 spiro atoms. The number of halogens is 1. The molecule has 0 saturated carbocycles. The first-order valence-electron chi connectivity index (χ1n) is 8.83. The summed E-state index contributed by atoms with van der Waals surface area (Å²) in [4.78, 5) is 29.0. The molecule has 7 heteroatoms. The molecule has 3 aromatic rings. The average Bonchev–Trinajstić information content (AvgIpc) is 3.00. The highest BCUT2D eigenvalue weighted by molar-refractivity contribution is 6.33. The summed E-state index contributed by atoms with van der Waals surface area (Å²) >= 11 is 6.06. The van der Waals surface area contributed by atoms with Crippen molar-refractivity contribution in [2.75, 3.05) is 13.1 Å². The van der Waals surface area contributed by atoms with Crippen LogP contribution in [0, 0.1) is 0 Å². The van der Waals surface area contributed by atoms with Gasteiger partial charge in [-0.1, -0.05) is 35.9 Å². The molecule has 27 heavy (non-hydrogen) atoms. The number of rotatable bonds is 7. The Morgan fingerprint density at radius 3 is 2.59 bits per heavy atom. The van der Waals surface area contributed by atoms with Crippen molar-refractivity contribution < 1.29 is 9.59 Å². The summed E-state index contributed by atoms with van der Waals surface area (Å²) in [6, 6.07) is 14.6. The maximum atomic E-state index is 12.3. The maximum absolute atomic E-state index is 12.3. The average molecular weight is 385 g/mol. The number of imidazole rings is 1. The van der Waals surface area contributed by atoms with Crippen LogP contribution in [0.15, 0.2) is 48.5 Å². The first-order chi connectivity index (χ1) is 13.1. The number of para-hydroxylation sites is 2. The van der Waals surface area contributed by atoms with Crippen LogP contribution in [-0.4, -0.2) is 34.5 Å². The highest BCUT2D eigenvalue weighted by Gasteiger charge is 2.14. The highest BCUT2D eigenvalue weighted by Crippen LogP contribution is 2.17. The van der Waals surface area contributed by atoms with Crippen LogP contribution >= 0.6 is 11.6 Å². The summed E-state index contributed by atoms with van der Waals surface area (Å²) in [6.45, 7) is 3.05. The van der Waals surface area contributed by atoms with E-state index in [1.54, 1.807) is 24.3 Å². The fraction of sp³-hybridized carbons (Fsp3) is 0.250. The topological polar surface area (TPSA) is 76.0 Å². The smallest absolute Gasteiger partial charge is 0.252 e. The molecule has 0 saturated heterocycles. The normalized spacial score (nSPS) is 10.7. The largest absolute Gasteiger partial charge is 0.355 e. The van der Waals surface area contributed by atoms with Crippen molar-refractivity contribution in [3.05, 3.63) is 64.9 Å². The zero-order chi connectivity index (χ0) is 19.2. The SMILES string of the molecule is CCNC(=O)Cn1c(CCNC(=O)c2ccccc2Cl)nc2ccccc21. The van der Waals surface area contributed by atoms with Gasteiger partial charge in [-0.3, -0.25) is 9.59 Å². The van der Waals surface area contributed by atoms with Crippen molar-refractivity contribution in [1.29, 1.82) is 0 Å². The third-order valence-electron chi connectivity index (χ3n) is 4.16. The molecule has 0 radical (unpaired) electrons. The molecule has 6 nitrogen and oxygen atoms in total. The fourth-order valence-electron chi connectivity index (χ4n) is 2.92. The second kappa shape index (κ2) is 8.68. The van der Waals surface area contributed by atoms with Crippen LogP contribution in [-0.2, 0) is 17.8 Å². The predicted octanol–water partition coefficient (Wildman–Crippen LogP) is 2.80. The Balaban J connectivity index is 1.73. The Morgan fingerprint density at radius 1 is 1.07 bits per heavy atom. The van der Waals surface area contributed by atoms with Crippen LogP contribution in [0.25, 0.3) is 11.0 Å². The lowest BCUT2D eigenvalue weighted by molar-refractivity contribution is -0.121. The van der Waals surface area contributed by atoms with Crippen LogP contribution in [0.4, 0.5) is 0 Å². The van der Waals surface area contributed by atoms with E-state index in [-0.39, 0.29) is 18.4 Å². The molecule has 0 fully saturated rings. The van der Waals surface area contributed by atoms with E-state index in [2.05, 4.69) is 15.6 Å². The fourth-order valence-corrected chi connectivity index (χ4v) is 3.14. The number of aromatic nitrogens is 2. The molecule has 1 aromatic heterocycles. The molecule has 0 unspecified atom stereocenters. The monoisotopic (exact) mass is 384 g/mol. The van der Waals surface area contributed by atoms with Crippen LogP contribution in [0.5, 0.6) is 0 Å². The number of hydrogen-bond acceptors (Lipinski definition) is 3. The lowest BCUT2D eigenvalue weighted by atomic mass is 10.2. The molecular formula is C20H21ClN4O2. The Morgan fingerprint density at radius 2 is 1.81 bits per heavy atom. The van der Waals surface area contributed by atoms with Gasteiger partial charge in [0.1, 0.15) is 12.4 Å². The van der Waals surface area contributed by atoms with Crippen molar-refractivity contribution in [3.63, 3.8) is 0 Å². The first kappa shape index (κ1) is 18.9. The predicted molar refractivity (Wildman–Crippen MR) is 106 cm³/mol. The summed E-state index contributed by atoms with van der Waals surface area (Å²) in [5, 5.41) is 6.08. The van der Waals surface area contributed by atoms with Crippen molar-refractivity contribution in [1.82, 2.24) is 20.2 Å². The summed E-state index contributed by atoms with van der Waals surface area (Å²) in [5.41, 5.74) is 2.17. The number of nitrogens with one attached hydrogen (secondary N) is 2. The van der Waals surface area contributed by atoms with Crippen LogP contribution in [0.1, 0.15) is 23.1 Å². The lowest BCUT2D eigenvalue weighted by Gasteiger charge is -2.10. The number of hydrogen-bond donors (Lipinski definition) is 2. The first-order valence-corrected chi connectivity index (χ1v) is 9.21. The molecular weight excluding hydrogens is 364 g/mol. The molecule has 3 rings (SSSR count). The van der Waals surface area contributed by atoms with Crippen LogP contribution in [0.2, 0.25) is 5.02 Å². The van der Waals surface area contributed by atoms with Gasteiger partial charge in [-0.25, -0.2) is 4.98 Å². The molecule has 140 valence electrons. The van der Waals surface area contributed by atoms with Crippen LogP contribution < -0.4 is 10.6 Å². The summed E-state index contributed by atoms with van der Waals surface area (Å²) in [6.07, 6.45) is 0.504. The van der Waals surface area contributed by atoms with Gasteiger partial charge in [0.2, 0.25) is 5.91 Å². The van der Waals surface area contributed by atoms with E-state index < -0.39 is 0 Å². The number of likely N-dealkylation sites (N-methyl/N-ethyl adjacent to an activating group) is 1. The molecule has 0 aliphatic carbocycles. The van der Waals surface area contributed by atoms with E-state index in [9.17, 15) is 9.59 Å². The minimum absolute atomic E-state index is 0.0676. The van der Waals surface area contributed by atoms with Gasteiger partial charge in [0.25, 0.3) is 5.91 Å². The molecule has 0 aliphatic rings. The van der Waals surface area contributed by atoms with E-state index >= 15 is 0 Å². The Hall–Kier alpha value is -2.86. The maximum Gasteiger partial charge on any atom is 0.252 e. The number of benzene rings is 2. The zero-order valence-corrected chi connectivity index (χ0v) is 15.8.